The Balaban J connectivity index is 2.15. The topological polar surface area (TPSA) is 84.3 Å². The maximum absolute atomic E-state index is 11.5. The van der Waals surface area contributed by atoms with Gasteiger partial charge in [-0.2, -0.15) is 5.26 Å². The van der Waals surface area contributed by atoms with Crippen LogP contribution in [0.25, 0.3) is 5.76 Å². The first-order valence-electron chi connectivity index (χ1n) is 7.77. The number of pyridine rings is 1. The van der Waals surface area contributed by atoms with Crippen molar-refractivity contribution in [3.05, 3.63) is 63.6 Å². The highest BCUT2D eigenvalue weighted by atomic mass is 16.5. The molecule has 0 bridgehead atoms. The van der Waals surface area contributed by atoms with E-state index in [0.29, 0.717) is 35.0 Å². The van der Waals surface area contributed by atoms with Crippen molar-refractivity contribution in [3.8, 4) is 17.6 Å². The number of methoxy groups -OCH3 is 1. The minimum Gasteiger partial charge on any atom is -0.480 e. The van der Waals surface area contributed by atoms with E-state index in [-0.39, 0.29) is 5.56 Å². The van der Waals surface area contributed by atoms with Crippen LogP contribution in [0, 0.1) is 11.3 Å². The zero-order valence-electron chi connectivity index (χ0n) is 14.3. The molecule has 2 aromatic rings. The first-order chi connectivity index (χ1) is 12.0. The largest absolute Gasteiger partial charge is 0.480 e. The molecule has 0 fully saturated rings. The van der Waals surface area contributed by atoms with Crippen LogP contribution in [0.4, 0.5) is 0 Å². The molecule has 128 valence electrons. The number of aromatic nitrogens is 1. The van der Waals surface area contributed by atoms with E-state index in [1.165, 1.54) is 12.3 Å². The van der Waals surface area contributed by atoms with E-state index in [4.69, 9.17) is 14.2 Å². The van der Waals surface area contributed by atoms with Gasteiger partial charge in [-0.05, 0) is 38.1 Å². The van der Waals surface area contributed by atoms with Crippen molar-refractivity contribution in [1.82, 2.24) is 4.98 Å². The molecule has 1 aromatic carbocycles. The number of H-pyrrole nitrogens is 1. The third-order valence-electron chi connectivity index (χ3n) is 4.21. The van der Waals surface area contributed by atoms with Gasteiger partial charge >= 0.3 is 0 Å². The zero-order valence-corrected chi connectivity index (χ0v) is 14.3. The molecule has 1 aliphatic rings. The minimum absolute atomic E-state index is 0.256. The van der Waals surface area contributed by atoms with E-state index in [0.717, 1.165) is 5.57 Å². The van der Waals surface area contributed by atoms with E-state index in [2.05, 4.69) is 11.1 Å². The fraction of sp³-hybridized carbons (Fsp3) is 0.263. The molecule has 0 saturated heterocycles. The van der Waals surface area contributed by atoms with Gasteiger partial charge in [-0.25, -0.2) is 0 Å². The van der Waals surface area contributed by atoms with Crippen LogP contribution in [0.2, 0.25) is 0 Å². The van der Waals surface area contributed by atoms with Crippen LogP contribution in [0.3, 0.4) is 0 Å². The summed E-state index contributed by atoms with van der Waals surface area (Å²) in [4.78, 5) is 14.1. The summed E-state index contributed by atoms with van der Waals surface area (Å²) in [6, 6.07) is 10.3. The molecule has 6 nitrogen and oxygen atoms in total. The van der Waals surface area contributed by atoms with Crippen LogP contribution in [0.5, 0.6) is 11.5 Å². The lowest BCUT2D eigenvalue weighted by Gasteiger charge is -2.37. The second-order valence-corrected chi connectivity index (χ2v) is 6.03. The number of rotatable bonds is 4. The Morgan fingerprint density at radius 1 is 1.32 bits per heavy atom. The predicted molar refractivity (Wildman–Crippen MR) is 92.4 cm³/mol. The summed E-state index contributed by atoms with van der Waals surface area (Å²) in [5.74, 6) is 1.57. The lowest BCUT2D eigenvalue weighted by atomic mass is 9.90. The van der Waals surface area contributed by atoms with Gasteiger partial charge < -0.3 is 19.2 Å². The summed E-state index contributed by atoms with van der Waals surface area (Å²) in [5, 5.41) is 9.19. The summed E-state index contributed by atoms with van der Waals surface area (Å²) >= 11 is 0. The Labute approximate surface area is 145 Å². The molecule has 2 heterocycles. The molecular formula is C19H18N2O4. The normalized spacial score (nSPS) is 19.0. The Morgan fingerprint density at radius 3 is 2.80 bits per heavy atom. The fourth-order valence-electron chi connectivity index (χ4n) is 2.78. The highest BCUT2D eigenvalue weighted by molar-refractivity contribution is 5.74. The van der Waals surface area contributed by atoms with Crippen LogP contribution in [-0.4, -0.2) is 24.3 Å². The Kier molecular flexibility index (Phi) is 4.34. The molecular weight excluding hydrogens is 320 g/mol. The first-order valence-corrected chi connectivity index (χ1v) is 7.77. The van der Waals surface area contributed by atoms with E-state index < -0.39 is 5.60 Å². The fourth-order valence-corrected chi connectivity index (χ4v) is 2.78. The molecule has 1 unspecified atom stereocenters. The van der Waals surface area contributed by atoms with Gasteiger partial charge in [0.25, 0.3) is 5.56 Å². The van der Waals surface area contributed by atoms with Gasteiger partial charge in [0.2, 0.25) is 0 Å². The zero-order chi connectivity index (χ0) is 18.0. The van der Waals surface area contributed by atoms with Crippen LogP contribution in [0.15, 0.2) is 46.9 Å². The number of nitrogens with zero attached hydrogens (tertiary/aromatic N) is 1. The van der Waals surface area contributed by atoms with Crippen LogP contribution < -0.4 is 15.0 Å². The SMILES string of the molecule is COCC1(C)Oc2ccc(C#N)cc2C(Oc2cc[nH]c(=O)c2)=C1C. The predicted octanol–water partition coefficient (Wildman–Crippen LogP) is 2.85. The molecule has 1 aromatic heterocycles. The van der Waals surface area contributed by atoms with Gasteiger partial charge in [-0.3, -0.25) is 4.79 Å². The van der Waals surface area contributed by atoms with E-state index in [9.17, 15) is 10.1 Å². The molecule has 25 heavy (non-hydrogen) atoms. The van der Waals surface area contributed by atoms with Gasteiger partial charge in [0, 0.05) is 24.9 Å². The second-order valence-electron chi connectivity index (χ2n) is 6.03. The third kappa shape index (κ3) is 3.14. The number of nitrogens with one attached hydrogen (secondary N) is 1. The van der Waals surface area contributed by atoms with Crippen molar-refractivity contribution in [1.29, 1.82) is 5.26 Å². The first kappa shape index (κ1) is 16.8. The molecule has 3 rings (SSSR count). The molecule has 0 amide bonds. The van der Waals surface area contributed by atoms with Crippen molar-refractivity contribution < 1.29 is 14.2 Å². The van der Waals surface area contributed by atoms with Crippen molar-refractivity contribution in [2.75, 3.05) is 13.7 Å². The van der Waals surface area contributed by atoms with E-state index in [1.807, 2.05) is 13.8 Å². The summed E-state index contributed by atoms with van der Waals surface area (Å²) in [7, 11) is 1.60. The third-order valence-corrected chi connectivity index (χ3v) is 4.21. The highest BCUT2D eigenvalue weighted by Gasteiger charge is 2.38. The van der Waals surface area contributed by atoms with Gasteiger partial charge in [-0.15, -0.1) is 0 Å². The second kappa shape index (κ2) is 6.46. The summed E-state index contributed by atoms with van der Waals surface area (Å²) in [6.45, 7) is 4.14. The molecule has 1 N–H and O–H groups in total. The van der Waals surface area contributed by atoms with Crippen molar-refractivity contribution >= 4 is 5.76 Å². The standard InChI is InChI=1S/C19H18N2O4/c1-12-18(24-14-6-7-21-17(22)9-14)15-8-13(10-20)4-5-16(15)25-19(12,2)11-23-3/h4-9H,11H2,1-3H3,(H,21,22). The summed E-state index contributed by atoms with van der Waals surface area (Å²) in [6.07, 6.45) is 1.52. The number of benzene rings is 1. The van der Waals surface area contributed by atoms with E-state index in [1.54, 1.807) is 31.4 Å². The molecule has 0 spiro atoms. The van der Waals surface area contributed by atoms with Crippen molar-refractivity contribution in [3.63, 3.8) is 0 Å². The molecule has 6 heteroatoms. The molecule has 0 saturated carbocycles. The molecule has 0 aliphatic carbocycles. The Bertz CT molecular complexity index is 939. The van der Waals surface area contributed by atoms with Crippen LogP contribution in [0.1, 0.15) is 25.0 Å². The molecule has 1 atom stereocenters. The van der Waals surface area contributed by atoms with Gasteiger partial charge in [0.05, 0.1) is 23.8 Å². The number of hydrogen-bond acceptors (Lipinski definition) is 5. The molecule has 1 aliphatic heterocycles. The summed E-state index contributed by atoms with van der Waals surface area (Å²) in [5.41, 5.74) is 1.01. The van der Waals surface area contributed by atoms with Gasteiger partial charge in [-0.1, -0.05) is 0 Å². The van der Waals surface area contributed by atoms with Crippen molar-refractivity contribution in [2.24, 2.45) is 0 Å². The average molecular weight is 338 g/mol. The number of nitriles is 1. The Morgan fingerprint density at radius 2 is 2.12 bits per heavy atom. The van der Waals surface area contributed by atoms with E-state index >= 15 is 0 Å². The van der Waals surface area contributed by atoms with Gasteiger partial charge in [0.1, 0.15) is 17.3 Å². The maximum atomic E-state index is 11.5. The molecule has 0 radical (unpaired) electrons. The summed E-state index contributed by atoms with van der Waals surface area (Å²) < 4.78 is 17.5. The van der Waals surface area contributed by atoms with Gasteiger partial charge in [0.15, 0.2) is 5.60 Å². The monoisotopic (exact) mass is 338 g/mol. The quantitative estimate of drug-likeness (QED) is 0.926. The lowest BCUT2D eigenvalue weighted by molar-refractivity contribution is 0.0270. The number of fused-ring (bicyclic) bond motifs is 1. The maximum Gasteiger partial charge on any atom is 0.251 e. The highest BCUT2D eigenvalue weighted by Crippen LogP contribution is 2.42. The average Bonchev–Trinajstić information content (AvgIpc) is 2.59. The van der Waals surface area contributed by atoms with Crippen molar-refractivity contribution in [2.45, 2.75) is 19.4 Å². The Hall–Kier alpha value is -3.04. The minimum atomic E-state index is -0.716. The number of aromatic amines is 1. The smallest absolute Gasteiger partial charge is 0.251 e. The lowest BCUT2D eigenvalue weighted by Crippen LogP contribution is -2.42. The van der Waals surface area contributed by atoms with Crippen LogP contribution in [-0.2, 0) is 4.74 Å². The van der Waals surface area contributed by atoms with Crippen LogP contribution >= 0.6 is 0 Å². The number of hydrogen-bond donors (Lipinski definition) is 1. The number of ether oxygens (including phenoxy) is 3.